The summed E-state index contributed by atoms with van der Waals surface area (Å²) in [5, 5.41) is 14.9. The summed E-state index contributed by atoms with van der Waals surface area (Å²) in [4.78, 5) is 0. The highest BCUT2D eigenvalue weighted by Crippen LogP contribution is 2.42. The molecule has 2 rings (SSSR count). The number of nitrogens with zero attached hydrogens (tertiary/aromatic N) is 2. The Bertz CT molecular complexity index is 312. The molecule has 1 aromatic rings. The molecule has 0 amide bonds. The van der Waals surface area contributed by atoms with Crippen LogP contribution in [0.2, 0.25) is 0 Å². The van der Waals surface area contributed by atoms with Crippen LogP contribution >= 0.6 is 11.8 Å². The molecule has 2 heterocycles. The molecule has 2 unspecified atom stereocenters. The van der Waals surface area contributed by atoms with Crippen molar-refractivity contribution in [3.63, 3.8) is 0 Å². The van der Waals surface area contributed by atoms with Crippen LogP contribution in [0.15, 0.2) is 12.3 Å². The third kappa shape index (κ3) is 1.38. The van der Waals surface area contributed by atoms with Gasteiger partial charge in [-0.2, -0.15) is 16.9 Å². The number of hydrogen-bond acceptors (Lipinski definition) is 3. The fourth-order valence-corrected chi connectivity index (χ4v) is 3.01. The van der Waals surface area contributed by atoms with Crippen molar-refractivity contribution in [3.8, 4) is 0 Å². The van der Waals surface area contributed by atoms with Crippen LogP contribution in [0.3, 0.4) is 0 Å². The molecule has 13 heavy (non-hydrogen) atoms. The number of aromatic nitrogens is 2. The van der Waals surface area contributed by atoms with E-state index in [0.29, 0.717) is 0 Å². The molecule has 1 saturated heterocycles. The standard InChI is InChI=1S/C9H14N2OS/c1-7-9(12,4-6-13-7)8-3-5-11(2)10-8/h3,5,7,12H,4,6H2,1-2H3. The Morgan fingerprint density at radius 1 is 1.77 bits per heavy atom. The molecule has 1 aromatic heterocycles. The van der Waals surface area contributed by atoms with Crippen molar-refractivity contribution in [2.45, 2.75) is 24.2 Å². The van der Waals surface area contributed by atoms with Gasteiger partial charge in [-0.25, -0.2) is 0 Å². The maximum atomic E-state index is 10.3. The molecular weight excluding hydrogens is 184 g/mol. The smallest absolute Gasteiger partial charge is 0.121 e. The van der Waals surface area contributed by atoms with E-state index < -0.39 is 5.60 Å². The summed E-state index contributed by atoms with van der Waals surface area (Å²) in [6.07, 6.45) is 2.69. The van der Waals surface area contributed by atoms with E-state index in [0.717, 1.165) is 17.9 Å². The van der Waals surface area contributed by atoms with E-state index in [1.807, 2.05) is 31.1 Å². The van der Waals surface area contributed by atoms with Crippen molar-refractivity contribution in [1.82, 2.24) is 9.78 Å². The van der Waals surface area contributed by atoms with Crippen molar-refractivity contribution in [2.24, 2.45) is 7.05 Å². The number of thioether (sulfide) groups is 1. The lowest BCUT2D eigenvalue weighted by Crippen LogP contribution is -2.32. The second kappa shape index (κ2) is 3.03. The molecular formula is C9H14N2OS. The van der Waals surface area contributed by atoms with Crippen LogP contribution in [0.4, 0.5) is 0 Å². The van der Waals surface area contributed by atoms with Gasteiger partial charge in [-0.3, -0.25) is 4.68 Å². The molecule has 4 heteroatoms. The fourth-order valence-electron chi connectivity index (χ4n) is 1.71. The molecule has 0 aliphatic carbocycles. The molecule has 72 valence electrons. The largest absolute Gasteiger partial charge is 0.382 e. The molecule has 3 nitrogen and oxygen atoms in total. The van der Waals surface area contributed by atoms with Gasteiger partial charge in [0.2, 0.25) is 0 Å². The number of aliphatic hydroxyl groups is 1. The van der Waals surface area contributed by atoms with Crippen LogP contribution in [0, 0.1) is 0 Å². The van der Waals surface area contributed by atoms with Crippen LogP contribution in [-0.4, -0.2) is 25.9 Å². The maximum Gasteiger partial charge on any atom is 0.121 e. The molecule has 1 N–H and O–H groups in total. The Balaban J connectivity index is 2.33. The van der Waals surface area contributed by atoms with Gasteiger partial charge >= 0.3 is 0 Å². The molecule has 0 spiro atoms. The SMILES string of the molecule is CC1SCCC1(O)c1ccn(C)n1. The summed E-state index contributed by atoms with van der Waals surface area (Å²) in [6, 6.07) is 1.91. The summed E-state index contributed by atoms with van der Waals surface area (Å²) in [6.45, 7) is 2.06. The van der Waals surface area contributed by atoms with Gasteiger partial charge in [-0.05, 0) is 18.2 Å². The van der Waals surface area contributed by atoms with Crippen LogP contribution in [0.1, 0.15) is 19.0 Å². The second-order valence-corrected chi connectivity index (χ2v) is 5.01. The Kier molecular flexibility index (Phi) is 2.12. The fraction of sp³-hybridized carbons (Fsp3) is 0.667. The first-order chi connectivity index (χ1) is 6.13. The Hall–Kier alpha value is -0.480. The number of aryl methyl sites for hydroxylation is 1. The predicted octanol–water partition coefficient (Wildman–Crippen LogP) is 1.13. The Morgan fingerprint density at radius 3 is 3.00 bits per heavy atom. The van der Waals surface area contributed by atoms with E-state index in [1.54, 1.807) is 4.68 Å². The lowest BCUT2D eigenvalue weighted by Gasteiger charge is -2.24. The first-order valence-corrected chi connectivity index (χ1v) is 5.52. The summed E-state index contributed by atoms with van der Waals surface area (Å²) < 4.78 is 1.74. The van der Waals surface area contributed by atoms with E-state index in [1.165, 1.54) is 0 Å². The molecule has 0 radical (unpaired) electrons. The quantitative estimate of drug-likeness (QED) is 0.735. The van der Waals surface area contributed by atoms with E-state index in [-0.39, 0.29) is 5.25 Å². The Labute approximate surface area is 82.1 Å². The predicted molar refractivity (Wildman–Crippen MR) is 53.6 cm³/mol. The molecule has 0 aromatic carbocycles. The lowest BCUT2D eigenvalue weighted by atomic mass is 9.94. The average Bonchev–Trinajstić information content (AvgIpc) is 2.62. The summed E-state index contributed by atoms with van der Waals surface area (Å²) in [7, 11) is 1.87. The van der Waals surface area contributed by atoms with E-state index in [9.17, 15) is 5.11 Å². The second-order valence-electron chi connectivity index (χ2n) is 3.56. The Morgan fingerprint density at radius 2 is 2.54 bits per heavy atom. The van der Waals surface area contributed by atoms with Crippen molar-refractivity contribution in [1.29, 1.82) is 0 Å². The maximum absolute atomic E-state index is 10.3. The average molecular weight is 198 g/mol. The van der Waals surface area contributed by atoms with Crippen LogP contribution in [-0.2, 0) is 12.6 Å². The van der Waals surface area contributed by atoms with Gasteiger partial charge in [0.15, 0.2) is 0 Å². The highest BCUT2D eigenvalue weighted by molar-refractivity contribution is 8.00. The van der Waals surface area contributed by atoms with Gasteiger partial charge in [0.1, 0.15) is 5.60 Å². The summed E-state index contributed by atoms with van der Waals surface area (Å²) >= 11 is 1.81. The lowest BCUT2D eigenvalue weighted by molar-refractivity contribution is 0.0377. The van der Waals surface area contributed by atoms with Gasteiger partial charge in [0.05, 0.1) is 5.69 Å². The zero-order valence-electron chi connectivity index (χ0n) is 7.90. The van der Waals surface area contributed by atoms with Gasteiger partial charge < -0.3 is 5.11 Å². The zero-order chi connectivity index (χ0) is 9.47. The van der Waals surface area contributed by atoms with Gasteiger partial charge in [-0.1, -0.05) is 6.92 Å². The molecule has 1 fully saturated rings. The molecule has 1 aliphatic rings. The van der Waals surface area contributed by atoms with Crippen molar-refractivity contribution in [2.75, 3.05) is 5.75 Å². The minimum absolute atomic E-state index is 0.252. The molecule has 0 bridgehead atoms. The highest BCUT2D eigenvalue weighted by Gasteiger charge is 2.42. The van der Waals surface area contributed by atoms with Crippen LogP contribution in [0.5, 0.6) is 0 Å². The molecule has 1 aliphatic heterocycles. The molecule has 0 saturated carbocycles. The topological polar surface area (TPSA) is 38.0 Å². The van der Waals surface area contributed by atoms with Gasteiger partial charge in [-0.15, -0.1) is 0 Å². The van der Waals surface area contributed by atoms with E-state index in [2.05, 4.69) is 12.0 Å². The minimum Gasteiger partial charge on any atom is -0.382 e. The normalized spacial score (nSPS) is 33.9. The van der Waals surface area contributed by atoms with Crippen LogP contribution in [0.25, 0.3) is 0 Å². The first-order valence-electron chi connectivity index (χ1n) is 4.47. The number of rotatable bonds is 1. The minimum atomic E-state index is -0.702. The first kappa shape index (κ1) is 9.09. The van der Waals surface area contributed by atoms with E-state index >= 15 is 0 Å². The van der Waals surface area contributed by atoms with Crippen molar-refractivity contribution < 1.29 is 5.11 Å². The van der Waals surface area contributed by atoms with Gasteiger partial charge in [0, 0.05) is 18.5 Å². The third-order valence-electron chi connectivity index (χ3n) is 2.68. The van der Waals surface area contributed by atoms with E-state index in [4.69, 9.17) is 0 Å². The van der Waals surface area contributed by atoms with Gasteiger partial charge in [0.25, 0.3) is 0 Å². The zero-order valence-corrected chi connectivity index (χ0v) is 8.71. The number of hydrogen-bond donors (Lipinski definition) is 1. The third-order valence-corrected chi connectivity index (χ3v) is 4.01. The summed E-state index contributed by atoms with van der Waals surface area (Å²) in [5.74, 6) is 1.02. The van der Waals surface area contributed by atoms with Crippen LogP contribution < -0.4 is 0 Å². The molecule has 2 atom stereocenters. The highest BCUT2D eigenvalue weighted by atomic mass is 32.2. The monoisotopic (exact) mass is 198 g/mol. The van der Waals surface area contributed by atoms with Crippen molar-refractivity contribution in [3.05, 3.63) is 18.0 Å². The van der Waals surface area contributed by atoms with Crippen molar-refractivity contribution >= 4 is 11.8 Å². The summed E-state index contributed by atoms with van der Waals surface area (Å²) in [5.41, 5.74) is 0.110.